The van der Waals surface area contributed by atoms with Crippen LogP contribution in [0.3, 0.4) is 0 Å². The molecule has 3 heterocycles. The van der Waals surface area contributed by atoms with Crippen molar-refractivity contribution < 1.29 is 9.66 Å². The first kappa shape index (κ1) is 17.0. The number of hydrogen-bond acceptors (Lipinski definition) is 8. The van der Waals surface area contributed by atoms with Crippen molar-refractivity contribution in [2.45, 2.75) is 16.7 Å². The van der Waals surface area contributed by atoms with Crippen LogP contribution in [-0.4, -0.2) is 43.4 Å². The SMILES string of the molecule is COCCn1c(Sc2ncccc2[N+](=O)[O-])nnc1-c1ccncc1. The van der Waals surface area contributed by atoms with Crippen LogP contribution in [0.4, 0.5) is 5.69 Å². The van der Waals surface area contributed by atoms with Gasteiger partial charge in [0.05, 0.1) is 18.1 Å². The minimum Gasteiger partial charge on any atom is -0.383 e. The summed E-state index contributed by atoms with van der Waals surface area (Å²) < 4.78 is 7.00. The molecular weight excluding hydrogens is 344 g/mol. The summed E-state index contributed by atoms with van der Waals surface area (Å²) in [5.74, 6) is 0.639. The van der Waals surface area contributed by atoms with Gasteiger partial charge >= 0.3 is 5.69 Å². The lowest BCUT2D eigenvalue weighted by Crippen LogP contribution is -2.07. The van der Waals surface area contributed by atoms with Crippen LogP contribution in [0.15, 0.2) is 53.0 Å². The minimum absolute atomic E-state index is 0.0701. The second kappa shape index (κ2) is 7.81. The zero-order valence-electron chi connectivity index (χ0n) is 13.3. The number of aromatic nitrogens is 5. The molecule has 25 heavy (non-hydrogen) atoms. The largest absolute Gasteiger partial charge is 0.383 e. The Kier molecular flexibility index (Phi) is 5.31. The number of nitro groups is 1. The summed E-state index contributed by atoms with van der Waals surface area (Å²) in [7, 11) is 1.60. The van der Waals surface area contributed by atoms with Gasteiger partial charge in [-0.3, -0.25) is 19.7 Å². The molecule has 10 heteroatoms. The van der Waals surface area contributed by atoms with Gasteiger partial charge in [-0.15, -0.1) is 10.2 Å². The molecule has 0 saturated heterocycles. The molecule has 0 spiro atoms. The molecular formula is C15H14N6O3S. The Labute approximate surface area is 147 Å². The molecule has 3 aromatic heterocycles. The summed E-state index contributed by atoms with van der Waals surface area (Å²) in [6, 6.07) is 6.59. The smallest absolute Gasteiger partial charge is 0.301 e. The highest BCUT2D eigenvalue weighted by Crippen LogP contribution is 2.33. The van der Waals surface area contributed by atoms with E-state index in [-0.39, 0.29) is 10.7 Å². The van der Waals surface area contributed by atoms with Crippen molar-refractivity contribution >= 4 is 17.4 Å². The molecule has 128 valence electrons. The van der Waals surface area contributed by atoms with Crippen LogP contribution >= 0.6 is 11.8 Å². The first-order valence-electron chi connectivity index (χ1n) is 7.30. The summed E-state index contributed by atoms with van der Waals surface area (Å²) in [6.45, 7) is 0.956. The van der Waals surface area contributed by atoms with Crippen molar-refractivity contribution in [3.63, 3.8) is 0 Å². The third-order valence-corrected chi connectivity index (χ3v) is 4.30. The zero-order chi connectivity index (χ0) is 17.6. The Bertz CT molecular complexity index is 871. The number of ether oxygens (including phenoxy) is 1. The van der Waals surface area contributed by atoms with Crippen LogP contribution in [0.5, 0.6) is 0 Å². The molecule has 9 nitrogen and oxygen atoms in total. The predicted octanol–water partition coefficient (Wildman–Crippen LogP) is 2.44. The Balaban J connectivity index is 1.99. The Morgan fingerprint density at radius 3 is 2.76 bits per heavy atom. The lowest BCUT2D eigenvalue weighted by atomic mass is 10.2. The lowest BCUT2D eigenvalue weighted by molar-refractivity contribution is -0.388. The fourth-order valence-corrected chi connectivity index (χ4v) is 3.05. The first-order valence-corrected chi connectivity index (χ1v) is 8.12. The average Bonchev–Trinajstić information content (AvgIpc) is 3.03. The fraction of sp³-hybridized carbons (Fsp3) is 0.200. The van der Waals surface area contributed by atoms with E-state index in [1.165, 1.54) is 18.3 Å². The van der Waals surface area contributed by atoms with Crippen LogP contribution in [-0.2, 0) is 11.3 Å². The van der Waals surface area contributed by atoms with Gasteiger partial charge in [-0.1, -0.05) is 0 Å². The highest BCUT2D eigenvalue weighted by atomic mass is 32.2. The molecule has 0 aromatic carbocycles. The van der Waals surface area contributed by atoms with Gasteiger partial charge in [0.1, 0.15) is 0 Å². The van der Waals surface area contributed by atoms with Gasteiger partial charge in [0.15, 0.2) is 16.0 Å². The molecule has 0 aliphatic rings. The third kappa shape index (κ3) is 3.80. The van der Waals surface area contributed by atoms with E-state index >= 15 is 0 Å². The van der Waals surface area contributed by atoms with E-state index in [9.17, 15) is 10.1 Å². The molecule has 3 aromatic rings. The van der Waals surface area contributed by atoms with Gasteiger partial charge in [-0.2, -0.15) is 0 Å². The van der Waals surface area contributed by atoms with E-state index in [4.69, 9.17) is 4.74 Å². The standard InChI is InChI=1S/C15H14N6O3S/c1-24-10-9-20-13(11-4-7-16-8-5-11)18-19-15(20)25-14-12(21(22)23)3-2-6-17-14/h2-8H,9-10H2,1H3. The molecule has 0 fully saturated rings. The van der Waals surface area contributed by atoms with Crippen LogP contribution in [0.25, 0.3) is 11.4 Å². The minimum atomic E-state index is -0.463. The van der Waals surface area contributed by atoms with Crippen molar-refractivity contribution in [1.29, 1.82) is 0 Å². The average molecular weight is 358 g/mol. The maximum absolute atomic E-state index is 11.2. The van der Waals surface area contributed by atoms with Crippen molar-refractivity contribution in [2.75, 3.05) is 13.7 Å². The normalized spacial score (nSPS) is 10.8. The summed E-state index contributed by atoms with van der Waals surface area (Å²) in [5.41, 5.74) is 0.778. The second-order valence-electron chi connectivity index (χ2n) is 4.87. The second-order valence-corrected chi connectivity index (χ2v) is 5.83. The maximum Gasteiger partial charge on any atom is 0.301 e. The Hall–Kier alpha value is -2.85. The van der Waals surface area contributed by atoms with E-state index in [1.54, 1.807) is 19.5 Å². The molecule has 0 radical (unpaired) electrons. The monoisotopic (exact) mass is 358 g/mol. The van der Waals surface area contributed by atoms with Gasteiger partial charge < -0.3 is 4.74 Å². The molecule has 0 atom stereocenters. The first-order chi connectivity index (χ1) is 12.2. The number of rotatable bonds is 7. The molecule has 3 rings (SSSR count). The molecule has 0 saturated carbocycles. The molecule has 0 aliphatic carbocycles. The van der Waals surface area contributed by atoms with E-state index < -0.39 is 4.92 Å². The number of methoxy groups -OCH3 is 1. The fourth-order valence-electron chi connectivity index (χ4n) is 2.15. The number of pyridine rings is 2. The Morgan fingerprint density at radius 2 is 2.04 bits per heavy atom. The van der Waals surface area contributed by atoms with Crippen molar-refractivity contribution in [2.24, 2.45) is 0 Å². The molecule has 0 amide bonds. The summed E-state index contributed by atoms with van der Waals surface area (Å²) >= 11 is 1.10. The van der Waals surface area contributed by atoms with Gasteiger partial charge in [0.2, 0.25) is 0 Å². The van der Waals surface area contributed by atoms with E-state index in [0.717, 1.165) is 17.3 Å². The summed E-state index contributed by atoms with van der Waals surface area (Å²) in [4.78, 5) is 18.8. The number of hydrogen-bond donors (Lipinski definition) is 0. The van der Waals surface area contributed by atoms with Crippen LogP contribution < -0.4 is 0 Å². The predicted molar refractivity (Wildman–Crippen MR) is 90.1 cm³/mol. The Morgan fingerprint density at radius 1 is 1.24 bits per heavy atom. The van der Waals surface area contributed by atoms with Crippen LogP contribution in [0, 0.1) is 10.1 Å². The van der Waals surface area contributed by atoms with E-state index in [1.807, 2.05) is 16.7 Å². The van der Waals surface area contributed by atoms with E-state index in [2.05, 4.69) is 20.2 Å². The lowest BCUT2D eigenvalue weighted by Gasteiger charge is -2.09. The third-order valence-electron chi connectivity index (χ3n) is 3.31. The molecule has 0 unspecified atom stereocenters. The van der Waals surface area contributed by atoms with Crippen molar-refractivity contribution in [3.05, 3.63) is 53.0 Å². The highest BCUT2D eigenvalue weighted by Gasteiger charge is 2.20. The molecule has 0 bridgehead atoms. The van der Waals surface area contributed by atoms with Gasteiger partial charge in [0, 0.05) is 37.3 Å². The zero-order valence-corrected chi connectivity index (χ0v) is 14.1. The van der Waals surface area contributed by atoms with Crippen LogP contribution in [0.1, 0.15) is 0 Å². The maximum atomic E-state index is 11.2. The number of nitrogens with zero attached hydrogens (tertiary/aromatic N) is 6. The van der Waals surface area contributed by atoms with Gasteiger partial charge in [-0.05, 0) is 30.0 Å². The summed E-state index contributed by atoms with van der Waals surface area (Å²) in [5, 5.41) is 20.3. The van der Waals surface area contributed by atoms with Gasteiger partial charge in [0.25, 0.3) is 0 Å². The van der Waals surface area contributed by atoms with Crippen molar-refractivity contribution in [1.82, 2.24) is 24.7 Å². The topological polar surface area (TPSA) is 109 Å². The van der Waals surface area contributed by atoms with E-state index in [0.29, 0.717) is 24.1 Å². The highest BCUT2D eigenvalue weighted by molar-refractivity contribution is 7.99. The van der Waals surface area contributed by atoms with Gasteiger partial charge in [-0.25, -0.2) is 4.98 Å². The quantitative estimate of drug-likeness (QED) is 0.468. The molecule has 0 aliphatic heterocycles. The summed E-state index contributed by atoms with van der Waals surface area (Å²) in [6.07, 6.45) is 4.84. The van der Waals surface area contributed by atoms with Crippen molar-refractivity contribution in [3.8, 4) is 11.4 Å². The molecule has 0 N–H and O–H groups in total. The van der Waals surface area contributed by atoms with Crippen LogP contribution in [0.2, 0.25) is 0 Å².